The average Bonchev–Trinajstić information content (AvgIpc) is 3.37. The highest BCUT2D eigenvalue weighted by molar-refractivity contribution is 5.97. The van der Waals surface area contributed by atoms with Crippen LogP contribution in [0.15, 0.2) is 96.0 Å². The van der Waals surface area contributed by atoms with E-state index >= 15 is 0 Å². The maximum absolute atomic E-state index is 14.1. The third kappa shape index (κ3) is 25.0. The number of amides is 6. The maximum atomic E-state index is 14.1. The number of esters is 3. The van der Waals surface area contributed by atoms with E-state index in [2.05, 4.69) is 36.9 Å². The number of rotatable bonds is 29. The van der Waals surface area contributed by atoms with Gasteiger partial charge in [0, 0.05) is 6.54 Å². The van der Waals surface area contributed by atoms with Gasteiger partial charge in [0.1, 0.15) is 55.6 Å². The summed E-state index contributed by atoms with van der Waals surface area (Å²) in [6.07, 6.45) is -2.69. The minimum Gasteiger partial charge on any atom is -0.461 e. The molecule has 3 aromatic carbocycles. The minimum absolute atomic E-state index is 0.0333. The number of nitro groups is 1. The van der Waals surface area contributed by atoms with Crippen LogP contribution < -0.4 is 43.1 Å². The van der Waals surface area contributed by atoms with Gasteiger partial charge in [-0.15, -0.1) is 0 Å². The summed E-state index contributed by atoms with van der Waals surface area (Å²) in [4.78, 5) is 136. The highest BCUT2D eigenvalue weighted by Crippen LogP contribution is 2.13. The normalized spacial score (nSPS) is 13.2. The molecule has 0 aliphatic heterocycles. The Labute approximate surface area is 446 Å². The van der Waals surface area contributed by atoms with Crippen LogP contribution in [-0.4, -0.2) is 113 Å². The number of ether oxygens (including phenoxy) is 4. The van der Waals surface area contributed by atoms with E-state index in [1.807, 2.05) is 0 Å². The number of guanidine groups is 1. The predicted molar refractivity (Wildman–Crippen MR) is 277 cm³/mol. The van der Waals surface area contributed by atoms with Crippen LogP contribution in [0.4, 0.5) is 4.79 Å². The van der Waals surface area contributed by atoms with Gasteiger partial charge in [0.15, 0.2) is 5.03 Å². The van der Waals surface area contributed by atoms with Crippen molar-refractivity contribution in [2.75, 3.05) is 13.1 Å². The van der Waals surface area contributed by atoms with Crippen molar-refractivity contribution >= 4 is 59.5 Å². The zero-order chi connectivity index (χ0) is 57.1. The molecular weight excluding hydrogens is 1000 g/mol. The Hall–Kier alpha value is -8.64. The summed E-state index contributed by atoms with van der Waals surface area (Å²) in [6.45, 7) is 9.76. The standard InChI is InChI=1S/C52H70N10O15/c1-32(2)43(59-47(68)39(58-51(71)77-52(5,6)7)27-42(65)75-30-35-20-13-9-14-21-35)48(69)57-37(24-17-25-54-50(53)61-62(72)73)45(66)55-28-40(63)56-38(26-41(64)74-29-34-18-11-8-12-19-34)46(67)60-44(33(3)4)49(70)76-31-36-22-15-10-16-23-36/h8-16,18-23,32-33,37-39,43-44H,17,24-31H2,1-7H3,(H,55,66)(H,56,63)(H,57,69)(H,58,71)(H,59,68)(H,60,67)(H3,53,54,61)/t37-,38-,39-,43-,44-/m0/s1. The predicted octanol–water partition coefficient (Wildman–Crippen LogP) is 2.13. The van der Waals surface area contributed by atoms with E-state index in [0.29, 0.717) is 16.7 Å². The summed E-state index contributed by atoms with van der Waals surface area (Å²) in [5.74, 6) is -9.14. The SMILES string of the molecule is CC(C)[C@H](NC(=O)[C@H](CC(=O)OCc1ccccc1)NC(=O)OC(C)(C)C)C(=O)N[C@@H](CCCN=C(N)N[N+](=O)[O-])C(=O)NCC(=O)N[C@@H](CC(=O)OCc1ccccc1)C(=O)N[C@H](C(=O)OCc1ccccc1)C(C)C. The Balaban J connectivity index is 1.82. The van der Waals surface area contributed by atoms with Gasteiger partial charge in [-0.05, 0) is 62.1 Å². The first-order valence-electron chi connectivity index (χ1n) is 24.7. The van der Waals surface area contributed by atoms with Gasteiger partial charge < -0.3 is 56.6 Å². The molecule has 0 fully saturated rings. The van der Waals surface area contributed by atoms with Gasteiger partial charge in [0.25, 0.3) is 5.96 Å². The summed E-state index contributed by atoms with van der Waals surface area (Å²) in [5, 5.41) is 24.7. The van der Waals surface area contributed by atoms with Crippen LogP contribution >= 0.6 is 0 Å². The van der Waals surface area contributed by atoms with Crippen LogP contribution in [0.2, 0.25) is 0 Å². The third-order valence-electron chi connectivity index (χ3n) is 10.8. The van der Waals surface area contributed by atoms with E-state index in [-0.39, 0.29) is 39.2 Å². The number of hydrazine groups is 1. The minimum atomic E-state index is -1.65. The number of hydrogen-bond donors (Lipinski definition) is 8. The van der Waals surface area contributed by atoms with Crippen LogP contribution in [0.3, 0.4) is 0 Å². The molecule has 0 saturated heterocycles. The molecule has 3 aromatic rings. The quantitative estimate of drug-likeness (QED) is 0.00939. The Morgan fingerprint density at radius 2 is 1.05 bits per heavy atom. The van der Waals surface area contributed by atoms with Crippen LogP contribution in [0.1, 0.15) is 90.8 Å². The smallest absolute Gasteiger partial charge is 0.408 e. The molecule has 0 aliphatic carbocycles. The summed E-state index contributed by atoms with van der Waals surface area (Å²) in [5.41, 5.74) is 8.19. The second kappa shape index (κ2) is 31.9. The van der Waals surface area contributed by atoms with Gasteiger partial charge in [0.05, 0.1) is 19.4 Å². The monoisotopic (exact) mass is 1070 g/mol. The zero-order valence-corrected chi connectivity index (χ0v) is 44.2. The number of carbonyl (C=O) groups excluding carboxylic acids is 9. The third-order valence-corrected chi connectivity index (χ3v) is 10.8. The zero-order valence-electron chi connectivity index (χ0n) is 44.2. The van der Waals surface area contributed by atoms with Crippen molar-refractivity contribution < 1.29 is 67.1 Å². The molecule has 0 aromatic heterocycles. The number of benzene rings is 3. The first-order valence-corrected chi connectivity index (χ1v) is 24.7. The molecule has 25 heteroatoms. The number of alkyl carbamates (subject to hydrolysis) is 1. The molecule has 0 saturated carbocycles. The number of carbonyl (C=O) groups is 9. The van der Waals surface area contributed by atoms with Gasteiger partial charge in [-0.2, -0.15) is 0 Å². The van der Waals surface area contributed by atoms with Gasteiger partial charge >= 0.3 is 24.0 Å². The Bertz CT molecular complexity index is 2490. The number of hydrogen-bond acceptors (Lipinski definition) is 16. The molecule has 3 rings (SSSR count). The van der Waals surface area contributed by atoms with Crippen molar-refractivity contribution in [1.82, 2.24) is 37.3 Å². The van der Waals surface area contributed by atoms with E-state index in [1.54, 1.807) is 145 Å². The van der Waals surface area contributed by atoms with Crippen LogP contribution in [0.25, 0.3) is 0 Å². The Kier molecular flexibility index (Phi) is 26.0. The summed E-state index contributed by atoms with van der Waals surface area (Å²) >= 11 is 0. The number of nitrogens with two attached hydrogens (primary N) is 1. The Morgan fingerprint density at radius 1 is 0.597 bits per heavy atom. The molecule has 0 unspecified atom stereocenters. The topological polar surface area (TPSA) is 356 Å². The van der Waals surface area contributed by atoms with Crippen molar-refractivity contribution in [3.05, 3.63) is 118 Å². The largest absolute Gasteiger partial charge is 0.461 e. The fourth-order valence-electron chi connectivity index (χ4n) is 6.84. The number of nitrogens with zero attached hydrogens (tertiary/aromatic N) is 2. The molecule has 0 heterocycles. The molecule has 5 atom stereocenters. The fraction of sp³-hybridized carbons (Fsp3) is 0.462. The molecule has 0 aliphatic rings. The lowest BCUT2D eigenvalue weighted by atomic mass is 10.0. The molecule has 418 valence electrons. The lowest BCUT2D eigenvalue weighted by Gasteiger charge is -2.28. The van der Waals surface area contributed by atoms with E-state index in [4.69, 9.17) is 24.7 Å². The highest BCUT2D eigenvalue weighted by atomic mass is 16.7. The van der Waals surface area contributed by atoms with Crippen molar-refractivity contribution in [1.29, 1.82) is 0 Å². The molecule has 0 bridgehead atoms. The number of nitrogens with one attached hydrogen (secondary N) is 7. The van der Waals surface area contributed by atoms with Gasteiger partial charge in [-0.1, -0.05) is 124 Å². The molecule has 77 heavy (non-hydrogen) atoms. The van der Waals surface area contributed by atoms with Crippen molar-refractivity contribution in [2.45, 2.75) is 130 Å². The fourth-order valence-corrected chi connectivity index (χ4v) is 6.84. The van der Waals surface area contributed by atoms with Crippen LogP contribution in [0.5, 0.6) is 0 Å². The van der Waals surface area contributed by atoms with Gasteiger partial charge in [-0.3, -0.25) is 33.6 Å². The first-order chi connectivity index (χ1) is 36.4. The van der Waals surface area contributed by atoms with E-state index in [0.717, 1.165) is 0 Å². The Morgan fingerprint density at radius 3 is 1.51 bits per heavy atom. The highest BCUT2D eigenvalue weighted by Gasteiger charge is 2.35. The summed E-state index contributed by atoms with van der Waals surface area (Å²) < 4.78 is 21.5. The van der Waals surface area contributed by atoms with Crippen molar-refractivity contribution in [3.8, 4) is 0 Å². The summed E-state index contributed by atoms with van der Waals surface area (Å²) in [6, 6.07) is 18.7. The van der Waals surface area contributed by atoms with Gasteiger partial charge in [0.2, 0.25) is 29.5 Å². The van der Waals surface area contributed by atoms with E-state index in [9.17, 15) is 53.3 Å². The molecular formula is C52H70N10O15. The molecule has 25 nitrogen and oxygen atoms in total. The lowest BCUT2D eigenvalue weighted by molar-refractivity contribution is -0.525. The van der Waals surface area contributed by atoms with Crippen LogP contribution in [-0.2, 0) is 77.1 Å². The van der Waals surface area contributed by atoms with E-state index < -0.39 is 132 Å². The van der Waals surface area contributed by atoms with E-state index in [1.165, 1.54) is 0 Å². The molecule has 0 spiro atoms. The lowest BCUT2D eigenvalue weighted by Crippen LogP contribution is -2.59. The van der Waals surface area contributed by atoms with Crippen molar-refractivity contribution in [2.24, 2.45) is 22.6 Å². The maximum Gasteiger partial charge on any atom is 0.408 e. The second-order valence-electron chi connectivity index (χ2n) is 19.1. The van der Waals surface area contributed by atoms with Crippen LogP contribution in [0, 0.1) is 22.0 Å². The summed E-state index contributed by atoms with van der Waals surface area (Å²) in [7, 11) is 0. The molecule has 9 N–H and O–H groups in total. The first kappa shape index (κ1) is 62.7. The second-order valence-corrected chi connectivity index (χ2v) is 19.1. The molecule has 6 amide bonds. The number of aliphatic imine (C=N–C) groups is 1. The van der Waals surface area contributed by atoms with Gasteiger partial charge in [-0.25, -0.2) is 24.7 Å². The average molecular weight is 1080 g/mol. The molecule has 0 radical (unpaired) electrons. The van der Waals surface area contributed by atoms with Crippen molar-refractivity contribution in [3.63, 3.8) is 0 Å².